The Bertz CT molecular complexity index is 1210. The molecule has 1 N–H and O–H groups in total. The van der Waals surface area contributed by atoms with Crippen LogP contribution in [0.5, 0.6) is 0 Å². The van der Waals surface area contributed by atoms with Crippen molar-refractivity contribution < 1.29 is 9.72 Å². The highest BCUT2D eigenvalue weighted by molar-refractivity contribution is 7.16. The Hall–Kier alpha value is -3.32. The molecule has 1 amide bonds. The van der Waals surface area contributed by atoms with Crippen molar-refractivity contribution in [2.45, 2.75) is 52.4 Å². The standard InChI is InChI=1S/C26H27N3O3S/c1-17-12-18(2)14-20(13-17)28-25(30)24-22-10-5-3-4-6-11-23(22)33-26(24)27-16-19-8-7-9-21(15-19)29(31)32/h7-9,12-16H,3-6,10-11H2,1-2H3,(H,28,30). The molecule has 0 saturated heterocycles. The summed E-state index contributed by atoms with van der Waals surface area (Å²) in [6.07, 6.45) is 7.97. The number of rotatable bonds is 5. The minimum Gasteiger partial charge on any atom is -0.322 e. The highest BCUT2D eigenvalue weighted by atomic mass is 32.1. The van der Waals surface area contributed by atoms with E-state index >= 15 is 0 Å². The molecule has 1 aliphatic carbocycles. The zero-order valence-corrected chi connectivity index (χ0v) is 19.7. The Kier molecular flexibility index (Phi) is 6.99. The second kappa shape index (κ2) is 10.1. The average Bonchev–Trinajstić information content (AvgIpc) is 3.08. The number of carbonyl (C=O) groups excluding carboxylic acids is 1. The molecule has 2 aromatic carbocycles. The van der Waals surface area contributed by atoms with E-state index in [1.165, 1.54) is 29.9 Å². The van der Waals surface area contributed by atoms with Crippen molar-refractivity contribution >= 4 is 39.8 Å². The highest BCUT2D eigenvalue weighted by Crippen LogP contribution is 2.39. The van der Waals surface area contributed by atoms with Gasteiger partial charge < -0.3 is 5.32 Å². The molecule has 4 rings (SSSR count). The zero-order valence-electron chi connectivity index (χ0n) is 18.9. The second-order valence-corrected chi connectivity index (χ2v) is 9.62. The van der Waals surface area contributed by atoms with Crippen LogP contribution in [0.1, 0.15) is 63.2 Å². The number of aliphatic imine (C=N–C) groups is 1. The van der Waals surface area contributed by atoms with E-state index in [9.17, 15) is 14.9 Å². The first kappa shape index (κ1) is 22.9. The summed E-state index contributed by atoms with van der Waals surface area (Å²) in [6, 6.07) is 12.4. The molecule has 7 heteroatoms. The number of carbonyl (C=O) groups is 1. The lowest BCUT2D eigenvalue weighted by Gasteiger charge is -2.12. The topological polar surface area (TPSA) is 84.6 Å². The van der Waals surface area contributed by atoms with Crippen molar-refractivity contribution in [2.75, 3.05) is 5.32 Å². The van der Waals surface area contributed by atoms with Crippen molar-refractivity contribution in [2.24, 2.45) is 4.99 Å². The van der Waals surface area contributed by atoms with Gasteiger partial charge in [-0.05, 0) is 73.9 Å². The molecule has 170 valence electrons. The number of anilines is 1. The average molecular weight is 462 g/mol. The fraction of sp³-hybridized carbons (Fsp3) is 0.308. The summed E-state index contributed by atoms with van der Waals surface area (Å²) in [6.45, 7) is 4.02. The van der Waals surface area contributed by atoms with E-state index in [-0.39, 0.29) is 11.6 Å². The van der Waals surface area contributed by atoms with Crippen LogP contribution >= 0.6 is 11.3 Å². The quantitative estimate of drug-likeness (QED) is 0.254. The Labute approximate surface area is 197 Å². The predicted molar refractivity (Wildman–Crippen MR) is 134 cm³/mol. The number of fused-ring (bicyclic) bond motifs is 1. The number of nitro groups is 1. The van der Waals surface area contributed by atoms with Crippen LogP contribution in [0.4, 0.5) is 16.4 Å². The Morgan fingerprint density at radius 3 is 2.52 bits per heavy atom. The van der Waals surface area contributed by atoms with E-state index in [0.29, 0.717) is 16.1 Å². The smallest absolute Gasteiger partial charge is 0.270 e. The zero-order chi connectivity index (χ0) is 23.4. The molecule has 33 heavy (non-hydrogen) atoms. The Morgan fingerprint density at radius 1 is 1.06 bits per heavy atom. The van der Waals surface area contributed by atoms with Crippen molar-refractivity contribution in [3.8, 4) is 0 Å². The molecule has 0 spiro atoms. The van der Waals surface area contributed by atoms with Gasteiger partial charge in [-0.2, -0.15) is 0 Å². The molecular formula is C26H27N3O3S. The van der Waals surface area contributed by atoms with Crippen LogP contribution in [0.25, 0.3) is 0 Å². The lowest BCUT2D eigenvalue weighted by molar-refractivity contribution is -0.384. The van der Waals surface area contributed by atoms with Crippen LogP contribution < -0.4 is 5.32 Å². The molecule has 0 unspecified atom stereocenters. The molecule has 0 saturated carbocycles. The lowest BCUT2D eigenvalue weighted by atomic mass is 9.96. The monoisotopic (exact) mass is 461 g/mol. The maximum Gasteiger partial charge on any atom is 0.270 e. The third kappa shape index (κ3) is 5.54. The van der Waals surface area contributed by atoms with Gasteiger partial charge >= 0.3 is 0 Å². The minimum atomic E-state index is -0.420. The molecule has 1 aliphatic rings. The summed E-state index contributed by atoms with van der Waals surface area (Å²) in [5, 5.41) is 14.8. The molecule has 0 radical (unpaired) electrons. The number of nitrogens with one attached hydrogen (secondary N) is 1. The highest BCUT2D eigenvalue weighted by Gasteiger charge is 2.24. The molecule has 0 aliphatic heterocycles. The van der Waals surface area contributed by atoms with Gasteiger partial charge in [-0.1, -0.05) is 31.0 Å². The number of hydrogen-bond donors (Lipinski definition) is 1. The number of nitrogens with zero attached hydrogens (tertiary/aromatic N) is 2. The van der Waals surface area contributed by atoms with E-state index in [1.807, 2.05) is 26.0 Å². The predicted octanol–water partition coefficient (Wildman–Crippen LogP) is 6.94. The third-order valence-electron chi connectivity index (χ3n) is 5.77. The maximum atomic E-state index is 13.5. The summed E-state index contributed by atoms with van der Waals surface area (Å²) in [5.41, 5.74) is 5.35. The van der Waals surface area contributed by atoms with Gasteiger partial charge in [0.15, 0.2) is 0 Å². The van der Waals surface area contributed by atoms with Crippen LogP contribution in [0.2, 0.25) is 0 Å². The second-order valence-electron chi connectivity index (χ2n) is 8.54. The molecule has 3 aromatic rings. The van der Waals surface area contributed by atoms with Crippen LogP contribution in [0, 0.1) is 24.0 Å². The van der Waals surface area contributed by atoms with Crippen LogP contribution in [0.15, 0.2) is 47.5 Å². The van der Waals surface area contributed by atoms with Gasteiger partial charge in [-0.15, -0.1) is 11.3 Å². The fourth-order valence-corrected chi connectivity index (χ4v) is 5.55. The molecular weight excluding hydrogens is 434 g/mol. The number of hydrogen-bond acceptors (Lipinski definition) is 5. The summed E-state index contributed by atoms with van der Waals surface area (Å²) in [7, 11) is 0. The summed E-state index contributed by atoms with van der Waals surface area (Å²) in [4.78, 5) is 30.0. The van der Waals surface area contributed by atoms with Gasteiger partial charge in [0.1, 0.15) is 5.00 Å². The largest absolute Gasteiger partial charge is 0.322 e. The number of non-ortho nitro benzene ring substituents is 1. The van der Waals surface area contributed by atoms with Crippen molar-refractivity contribution in [1.82, 2.24) is 0 Å². The van der Waals surface area contributed by atoms with E-state index in [0.717, 1.165) is 48.1 Å². The van der Waals surface area contributed by atoms with E-state index in [4.69, 9.17) is 0 Å². The van der Waals surface area contributed by atoms with E-state index in [2.05, 4.69) is 16.4 Å². The number of amides is 1. The molecule has 0 bridgehead atoms. The van der Waals surface area contributed by atoms with Gasteiger partial charge in [-0.3, -0.25) is 14.9 Å². The summed E-state index contributed by atoms with van der Waals surface area (Å²) in [5.74, 6) is -0.149. The van der Waals surface area contributed by atoms with Crippen molar-refractivity contribution in [3.05, 3.63) is 85.3 Å². The lowest BCUT2D eigenvalue weighted by Crippen LogP contribution is -2.14. The fourth-order valence-electron chi connectivity index (χ4n) is 4.32. The van der Waals surface area contributed by atoms with Crippen molar-refractivity contribution in [3.63, 3.8) is 0 Å². The van der Waals surface area contributed by atoms with Gasteiger partial charge in [0.2, 0.25) is 0 Å². The van der Waals surface area contributed by atoms with Gasteiger partial charge in [0, 0.05) is 28.9 Å². The first-order chi connectivity index (χ1) is 15.9. The third-order valence-corrected chi connectivity index (χ3v) is 6.97. The minimum absolute atomic E-state index is 0.0187. The Morgan fingerprint density at radius 2 is 1.79 bits per heavy atom. The van der Waals surface area contributed by atoms with E-state index in [1.54, 1.807) is 29.7 Å². The van der Waals surface area contributed by atoms with Gasteiger partial charge in [0.05, 0.1) is 10.5 Å². The molecule has 0 fully saturated rings. The summed E-state index contributed by atoms with van der Waals surface area (Å²) < 4.78 is 0. The summed E-state index contributed by atoms with van der Waals surface area (Å²) >= 11 is 1.57. The van der Waals surface area contributed by atoms with Gasteiger partial charge in [0.25, 0.3) is 11.6 Å². The number of thiophene rings is 1. The maximum absolute atomic E-state index is 13.5. The van der Waals surface area contributed by atoms with Gasteiger partial charge in [-0.25, -0.2) is 4.99 Å². The Balaban J connectivity index is 1.71. The van der Waals surface area contributed by atoms with Crippen LogP contribution in [0.3, 0.4) is 0 Å². The molecule has 1 aromatic heterocycles. The van der Waals surface area contributed by atoms with Crippen LogP contribution in [-0.4, -0.2) is 17.0 Å². The normalized spacial score (nSPS) is 13.9. The number of nitro benzene ring substituents is 1. The number of benzene rings is 2. The number of aryl methyl sites for hydroxylation is 3. The molecule has 1 heterocycles. The SMILES string of the molecule is Cc1cc(C)cc(NC(=O)c2c(N=Cc3cccc([N+](=O)[O-])c3)sc3c2CCCCCC3)c1. The molecule has 6 nitrogen and oxygen atoms in total. The molecule has 0 atom stereocenters. The first-order valence-electron chi connectivity index (χ1n) is 11.2. The van der Waals surface area contributed by atoms with Crippen LogP contribution in [-0.2, 0) is 12.8 Å². The van der Waals surface area contributed by atoms with E-state index < -0.39 is 4.92 Å². The van der Waals surface area contributed by atoms with Crippen molar-refractivity contribution in [1.29, 1.82) is 0 Å². The first-order valence-corrected chi connectivity index (χ1v) is 12.0.